The van der Waals surface area contributed by atoms with Crippen LogP contribution in [-0.4, -0.2) is 10.2 Å². The van der Waals surface area contributed by atoms with Crippen molar-refractivity contribution in [1.82, 2.24) is 10.2 Å². The van der Waals surface area contributed by atoms with E-state index in [1.54, 1.807) is 11.3 Å². The van der Waals surface area contributed by atoms with Gasteiger partial charge in [-0.3, -0.25) is 0 Å². The van der Waals surface area contributed by atoms with Crippen molar-refractivity contribution in [2.75, 3.05) is 0 Å². The molecule has 1 heterocycles. The second kappa shape index (κ2) is 5.02. The molecule has 92 valence electrons. The summed E-state index contributed by atoms with van der Waals surface area (Å²) < 4.78 is 0. The fourth-order valence-electron chi connectivity index (χ4n) is 1.97. The van der Waals surface area contributed by atoms with Crippen LogP contribution in [0.25, 0.3) is 16.6 Å². The molecule has 2 nitrogen and oxygen atoms in total. The van der Waals surface area contributed by atoms with E-state index in [1.807, 2.05) is 6.08 Å². The van der Waals surface area contributed by atoms with Gasteiger partial charge in [-0.05, 0) is 17.9 Å². The van der Waals surface area contributed by atoms with E-state index in [9.17, 15) is 0 Å². The lowest BCUT2D eigenvalue weighted by Gasteiger charge is -1.96. The molecule has 0 atom stereocenters. The minimum atomic E-state index is 0.962. The Bertz CT molecular complexity index is 538. The van der Waals surface area contributed by atoms with E-state index in [2.05, 4.69) is 41.0 Å². The number of hydrogen-bond acceptors (Lipinski definition) is 3. The van der Waals surface area contributed by atoms with E-state index in [0.717, 1.165) is 28.5 Å². The zero-order valence-corrected chi connectivity index (χ0v) is 11.1. The maximum Gasteiger partial charge on any atom is 0.147 e. The SMILES string of the molecule is C=Cc1ccc(-c2nnc(CCC3CC3)s2)cc1. The molecule has 1 saturated carbocycles. The van der Waals surface area contributed by atoms with Gasteiger partial charge in [-0.15, -0.1) is 10.2 Å². The first-order valence-corrected chi connectivity index (χ1v) is 7.22. The molecule has 1 fully saturated rings. The summed E-state index contributed by atoms with van der Waals surface area (Å²) in [4.78, 5) is 0. The average molecular weight is 256 g/mol. The predicted molar refractivity (Wildman–Crippen MR) is 76.5 cm³/mol. The van der Waals surface area contributed by atoms with Crippen LogP contribution in [0.3, 0.4) is 0 Å². The molecule has 0 N–H and O–H groups in total. The van der Waals surface area contributed by atoms with Gasteiger partial charge < -0.3 is 0 Å². The second-order valence-electron chi connectivity index (χ2n) is 4.81. The van der Waals surface area contributed by atoms with E-state index in [-0.39, 0.29) is 0 Å². The van der Waals surface area contributed by atoms with Crippen LogP contribution in [0.1, 0.15) is 29.8 Å². The highest BCUT2D eigenvalue weighted by molar-refractivity contribution is 7.14. The summed E-state index contributed by atoms with van der Waals surface area (Å²) in [5.74, 6) is 0.962. The van der Waals surface area contributed by atoms with Crippen LogP contribution in [0, 0.1) is 5.92 Å². The molecular formula is C15H16N2S. The molecule has 3 heteroatoms. The quantitative estimate of drug-likeness (QED) is 0.801. The van der Waals surface area contributed by atoms with Crippen molar-refractivity contribution < 1.29 is 0 Å². The maximum atomic E-state index is 4.28. The fourth-order valence-corrected chi connectivity index (χ4v) is 2.83. The van der Waals surface area contributed by atoms with Gasteiger partial charge >= 0.3 is 0 Å². The number of nitrogens with zero attached hydrogens (tertiary/aromatic N) is 2. The van der Waals surface area contributed by atoms with Crippen LogP contribution in [-0.2, 0) is 6.42 Å². The van der Waals surface area contributed by atoms with E-state index < -0.39 is 0 Å². The molecule has 1 aliphatic carbocycles. The van der Waals surface area contributed by atoms with Gasteiger partial charge in [0, 0.05) is 12.0 Å². The summed E-state index contributed by atoms with van der Waals surface area (Å²) in [6.45, 7) is 3.76. The molecule has 1 aromatic carbocycles. The minimum Gasteiger partial charge on any atom is -0.143 e. The third kappa shape index (κ3) is 2.67. The summed E-state index contributed by atoms with van der Waals surface area (Å²) in [6, 6.07) is 8.30. The molecule has 0 bridgehead atoms. The highest BCUT2D eigenvalue weighted by Gasteiger charge is 2.21. The molecule has 1 aliphatic rings. The molecule has 0 aliphatic heterocycles. The average Bonchev–Trinajstić information content (AvgIpc) is 3.14. The molecule has 18 heavy (non-hydrogen) atoms. The molecule has 0 spiro atoms. The first kappa shape index (κ1) is 11.6. The van der Waals surface area contributed by atoms with Crippen molar-refractivity contribution in [2.24, 2.45) is 5.92 Å². The van der Waals surface area contributed by atoms with Crippen molar-refractivity contribution in [3.8, 4) is 10.6 Å². The Morgan fingerprint density at radius 2 is 2.00 bits per heavy atom. The molecule has 0 unspecified atom stereocenters. The Morgan fingerprint density at radius 3 is 2.67 bits per heavy atom. The minimum absolute atomic E-state index is 0.962. The number of aryl methyl sites for hydroxylation is 1. The molecule has 0 amide bonds. The van der Waals surface area contributed by atoms with E-state index in [4.69, 9.17) is 0 Å². The van der Waals surface area contributed by atoms with Crippen molar-refractivity contribution in [2.45, 2.75) is 25.7 Å². The zero-order valence-electron chi connectivity index (χ0n) is 10.3. The zero-order chi connectivity index (χ0) is 12.4. The topological polar surface area (TPSA) is 25.8 Å². The van der Waals surface area contributed by atoms with E-state index in [1.165, 1.54) is 24.3 Å². The first-order chi connectivity index (χ1) is 8.85. The first-order valence-electron chi connectivity index (χ1n) is 6.40. The Hall–Kier alpha value is -1.48. The van der Waals surface area contributed by atoms with Gasteiger partial charge in [-0.1, -0.05) is 61.1 Å². The summed E-state index contributed by atoms with van der Waals surface area (Å²) in [5.41, 5.74) is 2.29. The molecule has 3 rings (SSSR count). The Balaban J connectivity index is 1.71. The Morgan fingerprint density at radius 1 is 1.22 bits per heavy atom. The lowest BCUT2D eigenvalue weighted by atomic mass is 10.1. The van der Waals surface area contributed by atoms with Crippen molar-refractivity contribution in [3.63, 3.8) is 0 Å². The number of aromatic nitrogens is 2. The highest BCUT2D eigenvalue weighted by atomic mass is 32.1. The summed E-state index contributed by atoms with van der Waals surface area (Å²) >= 11 is 1.72. The molecule has 0 radical (unpaired) electrons. The molecule has 1 aromatic heterocycles. The number of rotatable bonds is 5. The Labute approximate surface area is 111 Å². The van der Waals surface area contributed by atoms with Crippen LogP contribution in [0.15, 0.2) is 30.8 Å². The summed E-state index contributed by atoms with van der Waals surface area (Å²) in [7, 11) is 0. The smallest absolute Gasteiger partial charge is 0.143 e. The van der Waals surface area contributed by atoms with E-state index in [0.29, 0.717) is 0 Å². The third-order valence-electron chi connectivity index (χ3n) is 3.32. The van der Waals surface area contributed by atoms with Crippen molar-refractivity contribution in [1.29, 1.82) is 0 Å². The van der Waals surface area contributed by atoms with Crippen LogP contribution >= 0.6 is 11.3 Å². The molecule has 2 aromatic rings. The summed E-state index contributed by atoms with van der Waals surface area (Å²) in [6.07, 6.45) is 7.05. The number of benzene rings is 1. The normalized spacial score (nSPS) is 14.7. The van der Waals surface area contributed by atoms with Gasteiger partial charge in [-0.25, -0.2) is 0 Å². The Kier molecular flexibility index (Phi) is 3.24. The highest BCUT2D eigenvalue weighted by Crippen LogP contribution is 2.34. The van der Waals surface area contributed by atoms with Gasteiger partial charge in [0.05, 0.1) is 0 Å². The van der Waals surface area contributed by atoms with Crippen LogP contribution in [0.4, 0.5) is 0 Å². The van der Waals surface area contributed by atoms with Gasteiger partial charge in [0.2, 0.25) is 0 Å². The largest absolute Gasteiger partial charge is 0.147 e. The predicted octanol–water partition coefficient (Wildman–Crippen LogP) is 4.19. The van der Waals surface area contributed by atoms with Crippen molar-refractivity contribution in [3.05, 3.63) is 41.4 Å². The monoisotopic (exact) mass is 256 g/mol. The van der Waals surface area contributed by atoms with Crippen molar-refractivity contribution >= 4 is 17.4 Å². The lowest BCUT2D eigenvalue weighted by molar-refractivity contribution is 0.717. The van der Waals surface area contributed by atoms with Gasteiger partial charge in [0.15, 0.2) is 0 Å². The third-order valence-corrected chi connectivity index (χ3v) is 4.36. The molecular weight excluding hydrogens is 240 g/mol. The summed E-state index contributed by atoms with van der Waals surface area (Å²) in [5, 5.41) is 10.8. The van der Waals surface area contributed by atoms with Gasteiger partial charge in [0.25, 0.3) is 0 Å². The van der Waals surface area contributed by atoms with Gasteiger partial charge in [0.1, 0.15) is 10.0 Å². The van der Waals surface area contributed by atoms with Gasteiger partial charge in [-0.2, -0.15) is 0 Å². The number of hydrogen-bond donors (Lipinski definition) is 0. The standard InChI is InChI=1S/C15H16N2S/c1-2-11-5-8-13(9-6-11)15-17-16-14(18-15)10-7-12-3-4-12/h2,5-6,8-9,12H,1,3-4,7,10H2. The fraction of sp³-hybridized carbons (Fsp3) is 0.333. The van der Waals surface area contributed by atoms with Crippen LogP contribution in [0.5, 0.6) is 0 Å². The maximum absolute atomic E-state index is 4.28. The lowest BCUT2D eigenvalue weighted by Crippen LogP contribution is -1.85. The molecule has 0 saturated heterocycles. The van der Waals surface area contributed by atoms with Crippen LogP contribution < -0.4 is 0 Å². The second-order valence-corrected chi connectivity index (χ2v) is 5.87. The van der Waals surface area contributed by atoms with E-state index >= 15 is 0 Å². The van der Waals surface area contributed by atoms with Crippen LogP contribution in [0.2, 0.25) is 0 Å².